The normalized spacial score (nSPS) is 17.6. The van der Waals surface area contributed by atoms with Crippen LogP contribution in [0.1, 0.15) is 46.5 Å². The second-order valence-corrected chi connectivity index (χ2v) is 5.90. The zero-order valence-electron chi connectivity index (χ0n) is 12.9. The Morgan fingerprint density at radius 1 is 1.43 bits per heavy atom. The first kappa shape index (κ1) is 13.9. The van der Waals surface area contributed by atoms with Gasteiger partial charge < -0.3 is 9.84 Å². The SMILES string of the molecule is Cc1nn(C)c(C)c1NC(=O)c1noc2c1CC(C)CC2. The van der Waals surface area contributed by atoms with Crippen LogP contribution in [0.2, 0.25) is 0 Å². The van der Waals surface area contributed by atoms with Gasteiger partial charge in [0.2, 0.25) is 0 Å². The molecule has 1 N–H and O–H groups in total. The van der Waals surface area contributed by atoms with Gasteiger partial charge in [-0.1, -0.05) is 12.1 Å². The number of aryl methyl sites for hydroxylation is 3. The van der Waals surface area contributed by atoms with Crippen LogP contribution in [0.3, 0.4) is 0 Å². The molecule has 0 aromatic carbocycles. The maximum absolute atomic E-state index is 12.5. The van der Waals surface area contributed by atoms with E-state index in [1.54, 1.807) is 4.68 Å². The molecule has 1 aliphatic carbocycles. The number of carbonyl (C=O) groups is 1. The van der Waals surface area contributed by atoms with Crippen molar-refractivity contribution in [2.75, 3.05) is 5.32 Å². The van der Waals surface area contributed by atoms with E-state index in [4.69, 9.17) is 4.52 Å². The average molecular weight is 288 g/mol. The fourth-order valence-corrected chi connectivity index (χ4v) is 2.88. The summed E-state index contributed by atoms with van der Waals surface area (Å²) in [5, 5.41) is 11.2. The summed E-state index contributed by atoms with van der Waals surface area (Å²) in [6.45, 7) is 5.99. The summed E-state index contributed by atoms with van der Waals surface area (Å²) >= 11 is 0. The van der Waals surface area contributed by atoms with E-state index in [-0.39, 0.29) is 5.91 Å². The van der Waals surface area contributed by atoms with Crippen LogP contribution in [-0.2, 0) is 19.9 Å². The predicted octanol–water partition coefficient (Wildman–Crippen LogP) is 2.40. The molecule has 0 radical (unpaired) electrons. The molecule has 0 spiro atoms. The molecule has 3 rings (SSSR count). The molecule has 0 saturated carbocycles. The molecule has 2 heterocycles. The van der Waals surface area contributed by atoms with E-state index >= 15 is 0 Å². The minimum atomic E-state index is -0.215. The van der Waals surface area contributed by atoms with Gasteiger partial charge in [0.25, 0.3) is 5.91 Å². The Kier molecular flexibility index (Phi) is 3.31. The fourth-order valence-electron chi connectivity index (χ4n) is 2.88. The summed E-state index contributed by atoms with van der Waals surface area (Å²) in [5.41, 5.74) is 3.86. The van der Waals surface area contributed by atoms with E-state index in [2.05, 4.69) is 22.5 Å². The molecule has 1 amide bonds. The number of fused-ring (bicyclic) bond motifs is 1. The van der Waals surface area contributed by atoms with Crippen molar-refractivity contribution in [3.63, 3.8) is 0 Å². The molecule has 0 bridgehead atoms. The summed E-state index contributed by atoms with van der Waals surface area (Å²) in [6, 6.07) is 0. The van der Waals surface area contributed by atoms with E-state index in [0.717, 1.165) is 47.7 Å². The highest BCUT2D eigenvalue weighted by Crippen LogP contribution is 2.28. The van der Waals surface area contributed by atoms with Crippen LogP contribution in [0.25, 0.3) is 0 Å². The Bertz CT molecular complexity index is 699. The lowest BCUT2D eigenvalue weighted by atomic mass is 9.88. The number of hydrogen-bond donors (Lipinski definition) is 1. The summed E-state index contributed by atoms with van der Waals surface area (Å²) in [4.78, 5) is 12.5. The summed E-state index contributed by atoms with van der Waals surface area (Å²) < 4.78 is 7.08. The first-order valence-corrected chi connectivity index (χ1v) is 7.26. The molecule has 1 aliphatic rings. The molecule has 6 heteroatoms. The van der Waals surface area contributed by atoms with Crippen molar-refractivity contribution >= 4 is 11.6 Å². The lowest BCUT2D eigenvalue weighted by Crippen LogP contribution is -2.18. The standard InChI is InChI=1S/C15H20N4O2/c1-8-5-6-12-11(7-8)14(18-21-12)15(20)16-13-9(2)17-19(4)10(13)3/h8H,5-7H2,1-4H3,(H,16,20). The van der Waals surface area contributed by atoms with Gasteiger partial charge in [0.05, 0.1) is 17.1 Å². The number of aromatic nitrogens is 3. The molecule has 0 aliphatic heterocycles. The van der Waals surface area contributed by atoms with Gasteiger partial charge in [-0.2, -0.15) is 5.10 Å². The van der Waals surface area contributed by atoms with Gasteiger partial charge in [-0.3, -0.25) is 9.48 Å². The van der Waals surface area contributed by atoms with Crippen LogP contribution in [0.4, 0.5) is 5.69 Å². The Labute approximate surface area is 123 Å². The van der Waals surface area contributed by atoms with Crippen molar-refractivity contribution in [2.24, 2.45) is 13.0 Å². The van der Waals surface area contributed by atoms with E-state index in [1.165, 1.54) is 0 Å². The van der Waals surface area contributed by atoms with Crippen molar-refractivity contribution in [1.29, 1.82) is 0 Å². The Morgan fingerprint density at radius 2 is 2.19 bits per heavy atom. The molecule has 1 unspecified atom stereocenters. The number of amides is 1. The second kappa shape index (κ2) is 5.02. The topological polar surface area (TPSA) is 73.0 Å². The quantitative estimate of drug-likeness (QED) is 0.921. The van der Waals surface area contributed by atoms with Crippen molar-refractivity contribution < 1.29 is 9.32 Å². The number of carbonyl (C=O) groups excluding carboxylic acids is 1. The molecule has 6 nitrogen and oxygen atoms in total. The third kappa shape index (κ3) is 2.34. The monoisotopic (exact) mass is 288 g/mol. The lowest BCUT2D eigenvalue weighted by molar-refractivity contribution is 0.101. The van der Waals surface area contributed by atoms with E-state index < -0.39 is 0 Å². The van der Waals surface area contributed by atoms with Gasteiger partial charge in [-0.25, -0.2) is 0 Å². The first-order valence-electron chi connectivity index (χ1n) is 7.26. The fraction of sp³-hybridized carbons (Fsp3) is 0.533. The lowest BCUT2D eigenvalue weighted by Gasteiger charge is -2.16. The molecule has 1 atom stereocenters. The molecule has 0 saturated heterocycles. The van der Waals surface area contributed by atoms with Crippen LogP contribution in [0.5, 0.6) is 0 Å². The van der Waals surface area contributed by atoms with Gasteiger partial charge in [-0.05, 0) is 32.6 Å². The largest absolute Gasteiger partial charge is 0.360 e. The van der Waals surface area contributed by atoms with E-state index in [9.17, 15) is 4.79 Å². The van der Waals surface area contributed by atoms with Crippen LogP contribution in [0, 0.1) is 19.8 Å². The van der Waals surface area contributed by atoms with Crippen LogP contribution < -0.4 is 5.32 Å². The Balaban J connectivity index is 1.88. The van der Waals surface area contributed by atoms with Crippen molar-refractivity contribution in [3.8, 4) is 0 Å². The Morgan fingerprint density at radius 3 is 2.86 bits per heavy atom. The minimum absolute atomic E-state index is 0.215. The number of rotatable bonds is 2. The van der Waals surface area contributed by atoms with Gasteiger partial charge in [-0.15, -0.1) is 0 Å². The maximum Gasteiger partial charge on any atom is 0.278 e. The molecule has 2 aromatic rings. The second-order valence-electron chi connectivity index (χ2n) is 5.90. The van der Waals surface area contributed by atoms with E-state index in [1.807, 2.05) is 20.9 Å². The third-order valence-corrected chi connectivity index (χ3v) is 4.25. The van der Waals surface area contributed by atoms with Crippen molar-refractivity contribution in [3.05, 3.63) is 28.4 Å². The number of anilines is 1. The first-order chi connectivity index (χ1) is 9.97. The predicted molar refractivity (Wildman–Crippen MR) is 78.3 cm³/mol. The summed E-state index contributed by atoms with van der Waals surface area (Å²) in [7, 11) is 1.86. The zero-order valence-corrected chi connectivity index (χ0v) is 12.9. The van der Waals surface area contributed by atoms with Gasteiger partial charge in [0.15, 0.2) is 5.69 Å². The molecule has 2 aromatic heterocycles. The molecular formula is C15H20N4O2. The molecule has 21 heavy (non-hydrogen) atoms. The van der Waals surface area contributed by atoms with Gasteiger partial charge in [0, 0.05) is 19.0 Å². The molecule has 0 fully saturated rings. The van der Waals surface area contributed by atoms with Crippen molar-refractivity contribution in [2.45, 2.75) is 40.0 Å². The van der Waals surface area contributed by atoms with Crippen molar-refractivity contribution in [1.82, 2.24) is 14.9 Å². The maximum atomic E-state index is 12.5. The molecular weight excluding hydrogens is 268 g/mol. The van der Waals surface area contributed by atoms with Crippen LogP contribution in [0.15, 0.2) is 4.52 Å². The highest BCUT2D eigenvalue weighted by atomic mass is 16.5. The highest BCUT2D eigenvalue weighted by Gasteiger charge is 2.27. The third-order valence-electron chi connectivity index (χ3n) is 4.25. The smallest absolute Gasteiger partial charge is 0.278 e. The van der Waals surface area contributed by atoms with Gasteiger partial charge >= 0.3 is 0 Å². The highest BCUT2D eigenvalue weighted by molar-refractivity contribution is 6.04. The minimum Gasteiger partial charge on any atom is -0.360 e. The van der Waals surface area contributed by atoms with Crippen LogP contribution >= 0.6 is 0 Å². The number of hydrogen-bond acceptors (Lipinski definition) is 4. The Hall–Kier alpha value is -2.11. The van der Waals surface area contributed by atoms with Crippen LogP contribution in [-0.4, -0.2) is 20.8 Å². The van der Waals surface area contributed by atoms with E-state index in [0.29, 0.717) is 11.6 Å². The zero-order chi connectivity index (χ0) is 15.1. The molecule has 112 valence electrons. The average Bonchev–Trinajstić information content (AvgIpc) is 2.95. The summed E-state index contributed by atoms with van der Waals surface area (Å²) in [5.74, 6) is 1.21. The number of nitrogens with zero attached hydrogens (tertiary/aromatic N) is 3. The van der Waals surface area contributed by atoms with Gasteiger partial charge in [0.1, 0.15) is 5.76 Å². The number of nitrogens with one attached hydrogen (secondary N) is 1. The summed E-state index contributed by atoms with van der Waals surface area (Å²) in [6.07, 6.45) is 2.80.